The summed E-state index contributed by atoms with van der Waals surface area (Å²) in [4.78, 5) is 26.4. The molecule has 3 N–H and O–H groups in total. The molecule has 0 unspecified atom stereocenters. The van der Waals surface area contributed by atoms with Gasteiger partial charge in [-0.3, -0.25) is 0 Å². The summed E-state index contributed by atoms with van der Waals surface area (Å²) in [6.45, 7) is 7.81. The molecule has 0 bridgehead atoms. The minimum Gasteiger partial charge on any atom is -0.493 e. The van der Waals surface area contributed by atoms with Gasteiger partial charge in [-0.05, 0) is 39.5 Å². The topological polar surface area (TPSA) is 101 Å². The Labute approximate surface area is 178 Å². The van der Waals surface area contributed by atoms with Crippen LogP contribution in [0.3, 0.4) is 0 Å². The fourth-order valence-corrected chi connectivity index (χ4v) is 3.31. The number of benzene rings is 1. The van der Waals surface area contributed by atoms with Gasteiger partial charge in [-0.1, -0.05) is 0 Å². The van der Waals surface area contributed by atoms with Crippen molar-refractivity contribution in [2.75, 3.05) is 46.3 Å². The second kappa shape index (κ2) is 10.3. The van der Waals surface area contributed by atoms with Gasteiger partial charge in [0.25, 0.3) is 0 Å². The lowest BCUT2D eigenvalue weighted by Gasteiger charge is -2.34. The zero-order chi connectivity index (χ0) is 22.3. The van der Waals surface area contributed by atoms with Crippen LogP contribution in [-0.2, 0) is 0 Å². The zero-order valence-corrected chi connectivity index (χ0v) is 18.8. The van der Waals surface area contributed by atoms with E-state index in [1.165, 1.54) is 21.3 Å². The van der Waals surface area contributed by atoms with Gasteiger partial charge in [0, 0.05) is 37.3 Å². The molecule has 1 aliphatic heterocycles. The van der Waals surface area contributed by atoms with Gasteiger partial charge in [0.1, 0.15) is 0 Å². The van der Waals surface area contributed by atoms with Crippen LogP contribution in [0.1, 0.15) is 33.6 Å². The lowest BCUT2D eigenvalue weighted by molar-refractivity contribution is 0.162. The Morgan fingerprint density at radius 3 is 2.07 bits per heavy atom. The number of carbonyl (C=O) groups is 2. The molecule has 0 saturated carbocycles. The van der Waals surface area contributed by atoms with Crippen molar-refractivity contribution >= 4 is 17.7 Å². The van der Waals surface area contributed by atoms with Gasteiger partial charge in [0.05, 0.1) is 27.0 Å². The molecule has 168 valence electrons. The maximum Gasteiger partial charge on any atom is 0.319 e. The summed E-state index contributed by atoms with van der Waals surface area (Å²) in [5.41, 5.74) is 0.288. The van der Waals surface area contributed by atoms with Crippen LogP contribution in [0, 0.1) is 5.92 Å². The van der Waals surface area contributed by atoms with Crippen LogP contribution in [0.5, 0.6) is 17.2 Å². The van der Waals surface area contributed by atoms with E-state index in [0.29, 0.717) is 48.5 Å². The van der Waals surface area contributed by atoms with E-state index in [1.807, 2.05) is 25.7 Å². The van der Waals surface area contributed by atoms with Gasteiger partial charge in [-0.2, -0.15) is 0 Å². The number of nitrogens with zero attached hydrogens (tertiary/aromatic N) is 1. The molecule has 1 saturated heterocycles. The Bertz CT molecular complexity index is 714. The lowest BCUT2D eigenvalue weighted by atomic mass is 9.97. The molecule has 2 rings (SSSR count). The van der Waals surface area contributed by atoms with Gasteiger partial charge in [0.2, 0.25) is 5.75 Å². The Kier molecular flexibility index (Phi) is 8.02. The molecule has 30 heavy (non-hydrogen) atoms. The van der Waals surface area contributed by atoms with Gasteiger partial charge < -0.3 is 35.1 Å². The smallest absolute Gasteiger partial charge is 0.319 e. The molecule has 0 spiro atoms. The molecular weight excluding hydrogens is 388 g/mol. The molecule has 9 heteroatoms. The van der Waals surface area contributed by atoms with Crippen molar-refractivity contribution in [2.24, 2.45) is 5.92 Å². The van der Waals surface area contributed by atoms with Gasteiger partial charge in [0.15, 0.2) is 11.5 Å². The Morgan fingerprint density at radius 1 is 1.03 bits per heavy atom. The van der Waals surface area contributed by atoms with Gasteiger partial charge in [-0.15, -0.1) is 0 Å². The van der Waals surface area contributed by atoms with E-state index < -0.39 is 0 Å². The van der Waals surface area contributed by atoms with E-state index >= 15 is 0 Å². The summed E-state index contributed by atoms with van der Waals surface area (Å²) < 4.78 is 15.9. The Hall–Kier alpha value is -2.84. The first kappa shape index (κ1) is 23.4. The summed E-state index contributed by atoms with van der Waals surface area (Å²) in [5.74, 6) is 1.73. The number of nitrogens with one attached hydrogen (secondary N) is 3. The third kappa shape index (κ3) is 6.60. The maximum atomic E-state index is 12.3. The summed E-state index contributed by atoms with van der Waals surface area (Å²) in [6, 6.07) is 3.01. The second-order valence-electron chi connectivity index (χ2n) is 8.36. The molecule has 1 aliphatic rings. The zero-order valence-electron chi connectivity index (χ0n) is 18.8. The third-order valence-corrected chi connectivity index (χ3v) is 4.86. The van der Waals surface area contributed by atoms with E-state index in [4.69, 9.17) is 14.2 Å². The molecular formula is C21H34N4O5. The van der Waals surface area contributed by atoms with E-state index in [2.05, 4.69) is 16.0 Å². The number of piperidine rings is 1. The van der Waals surface area contributed by atoms with Crippen molar-refractivity contribution in [2.45, 2.75) is 39.2 Å². The average molecular weight is 423 g/mol. The average Bonchev–Trinajstić information content (AvgIpc) is 2.70. The van der Waals surface area contributed by atoms with E-state index in [-0.39, 0.29) is 17.6 Å². The quantitative estimate of drug-likeness (QED) is 0.654. The van der Waals surface area contributed by atoms with Crippen molar-refractivity contribution in [1.82, 2.24) is 15.5 Å². The molecule has 0 aromatic heterocycles. The van der Waals surface area contributed by atoms with Crippen molar-refractivity contribution in [1.29, 1.82) is 0 Å². The highest BCUT2D eigenvalue weighted by Gasteiger charge is 2.25. The van der Waals surface area contributed by atoms with Gasteiger partial charge >= 0.3 is 12.1 Å². The first-order valence-electron chi connectivity index (χ1n) is 10.1. The fraction of sp³-hybridized carbons (Fsp3) is 0.619. The largest absolute Gasteiger partial charge is 0.493 e. The number of urea groups is 2. The number of methoxy groups -OCH3 is 3. The van der Waals surface area contributed by atoms with Crippen LogP contribution in [0.4, 0.5) is 15.3 Å². The van der Waals surface area contributed by atoms with Crippen LogP contribution in [0.2, 0.25) is 0 Å². The minimum absolute atomic E-state index is 0.0333. The highest BCUT2D eigenvalue weighted by Crippen LogP contribution is 2.39. The van der Waals surface area contributed by atoms with E-state index in [9.17, 15) is 9.59 Å². The standard InChI is InChI=1S/C21H34N4O5/c1-21(2,3)24-20(27)25-9-7-14(8-10-25)13-22-19(26)23-15-11-16(28-4)18(30-6)17(12-15)29-5/h11-12,14H,7-10,13H2,1-6H3,(H,24,27)(H2,22,23,26). The Balaban J connectivity index is 1.83. The molecule has 0 atom stereocenters. The second-order valence-corrected chi connectivity index (χ2v) is 8.36. The Morgan fingerprint density at radius 2 is 1.60 bits per heavy atom. The predicted molar refractivity (Wildman–Crippen MR) is 116 cm³/mol. The number of likely N-dealkylation sites (tertiary alicyclic amines) is 1. The SMILES string of the molecule is COc1cc(NC(=O)NCC2CCN(C(=O)NC(C)(C)C)CC2)cc(OC)c1OC. The number of ether oxygens (including phenoxy) is 3. The highest BCUT2D eigenvalue weighted by atomic mass is 16.5. The van der Waals surface area contributed by atoms with Crippen molar-refractivity contribution in [3.05, 3.63) is 12.1 Å². The van der Waals surface area contributed by atoms with E-state index in [1.54, 1.807) is 12.1 Å². The number of anilines is 1. The molecule has 1 aromatic carbocycles. The number of hydrogen-bond acceptors (Lipinski definition) is 5. The van der Waals surface area contributed by atoms with Crippen LogP contribution < -0.4 is 30.2 Å². The van der Waals surface area contributed by atoms with Crippen molar-refractivity contribution in [3.63, 3.8) is 0 Å². The monoisotopic (exact) mass is 422 g/mol. The molecule has 1 aromatic rings. The first-order chi connectivity index (χ1) is 14.2. The summed E-state index contributed by atoms with van der Waals surface area (Å²) in [5, 5.41) is 8.69. The normalized spacial score (nSPS) is 14.7. The summed E-state index contributed by atoms with van der Waals surface area (Å²) in [7, 11) is 4.57. The summed E-state index contributed by atoms with van der Waals surface area (Å²) in [6.07, 6.45) is 1.70. The van der Waals surface area contributed by atoms with Crippen molar-refractivity contribution < 1.29 is 23.8 Å². The highest BCUT2D eigenvalue weighted by molar-refractivity contribution is 5.90. The molecule has 4 amide bonds. The van der Waals surface area contributed by atoms with Crippen molar-refractivity contribution in [3.8, 4) is 17.2 Å². The predicted octanol–water partition coefficient (Wildman–Crippen LogP) is 3.05. The van der Waals surface area contributed by atoms with Crippen LogP contribution in [0.25, 0.3) is 0 Å². The lowest BCUT2D eigenvalue weighted by Crippen LogP contribution is -2.51. The number of carbonyl (C=O) groups excluding carboxylic acids is 2. The molecule has 0 radical (unpaired) electrons. The third-order valence-electron chi connectivity index (χ3n) is 4.86. The van der Waals surface area contributed by atoms with Crippen LogP contribution in [-0.4, -0.2) is 63.5 Å². The van der Waals surface area contributed by atoms with E-state index in [0.717, 1.165) is 12.8 Å². The summed E-state index contributed by atoms with van der Waals surface area (Å²) >= 11 is 0. The molecule has 1 heterocycles. The number of hydrogen-bond donors (Lipinski definition) is 3. The maximum absolute atomic E-state index is 12.3. The minimum atomic E-state index is -0.308. The molecule has 0 aliphatic carbocycles. The fourth-order valence-electron chi connectivity index (χ4n) is 3.31. The number of amides is 4. The van der Waals surface area contributed by atoms with Gasteiger partial charge in [-0.25, -0.2) is 9.59 Å². The number of rotatable bonds is 6. The van der Waals surface area contributed by atoms with Crippen LogP contribution >= 0.6 is 0 Å². The molecule has 1 fully saturated rings. The van der Waals surface area contributed by atoms with Crippen LogP contribution in [0.15, 0.2) is 12.1 Å². The first-order valence-corrected chi connectivity index (χ1v) is 10.1. The molecule has 9 nitrogen and oxygen atoms in total.